The van der Waals surface area contributed by atoms with Crippen LogP contribution in [0.2, 0.25) is 0 Å². The van der Waals surface area contributed by atoms with E-state index in [1.165, 1.54) is 11.8 Å². The summed E-state index contributed by atoms with van der Waals surface area (Å²) < 4.78 is 4.80. The number of likely N-dealkylation sites (N-methyl/N-ethyl adjacent to an activating group) is 1. The number of benzene rings is 1. The van der Waals surface area contributed by atoms with Gasteiger partial charge in [-0.15, -0.1) is 11.8 Å². The first kappa shape index (κ1) is 22.5. The van der Waals surface area contributed by atoms with E-state index in [4.69, 9.17) is 4.74 Å². The molecule has 1 rings (SSSR count). The van der Waals surface area contributed by atoms with Gasteiger partial charge in [0.25, 0.3) is 0 Å². The molecule has 0 aliphatic carbocycles. The van der Waals surface area contributed by atoms with Crippen molar-refractivity contribution in [3.8, 4) is 0 Å². The highest BCUT2D eigenvalue weighted by Gasteiger charge is 2.16. The minimum Gasteiger partial charge on any atom is -0.465 e. The van der Waals surface area contributed by atoms with Crippen LogP contribution in [0.1, 0.15) is 20.8 Å². The van der Waals surface area contributed by atoms with Crippen molar-refractivity contribution in [3.63, 3.8) is 0 Å². The molecule has 0 unspecified atom stereocenters. The van der Waals surface area contributed by atoms with Gasteiger partial charge in [0.1, 0.15) is 0 Å². The smallest absolute Gasteiger partial charge is 0.315 e. The summed E-state index contributed by atoms with van der Waals surface area (Å²) in [6.45, 7) is 5.52. The van der Waals surface area contributed by atoms with Gasteiger partial charge in [-0.2, -0.15) is 0 Å². The number of rotatable bonds is 10. The van der Waals surface area contributed by atoms with Crippen LogP contribution in [0, 0.1) is 0 Å². The summed E-state index contributed by atoms with van der Waals surface area (Å²) in [6.07, 6.45) is 0. The van der Waals surface area contributed by atoms with Gasteiger partial charge in [0.15, 0.2) is 0 Å². The number of nitrogens with one attached hydrogen (secondary N) is 2. The Balaban J connectivity index is 2.46. The predicted octanol–water partition coefficient (Wildman–Crippen LogP) is 1.73. The summed E-state index contributed by atoms with van der Waals surface area (Å²) in [6, 6.07) is 6.67. The first-order chi connectivity index (χ1) is 12.8. The van der Waals surface area contributed by atoms with E-state index in [2.05, 4.69) is 10.6 Å². The molecule has 9 heteroatoms. The van der Waals surface area contributed by atoms with E-state index in [1.54, 1.807) is 38.1 Å². The Morgan fingerprint density at radius 3 is 2.11 bits per heavy atom. The fourth-order valence-electron chi connectivity index (χ4n) is 2.11. The topological polar surface area (TPSA) is 105 Å². The van der Waals surface area contributed by atoms with Crippen LogP contribution >= 0.6 is 11.8 Å². The van der Waals surface area contributed by atoms with E-state index in [0.29, 0.717) is 24.5 Å². The van der Waals surface area contributed by atoms with Gasteiger partial charge >= 0.3 is 5.97 Å². The third kappa shape index (κ3) is 9.09. The molecule has 0 aromatic heterocycles. The van der Waals surface area contributed by atoms with Crippen LogP contribution in [-0.2, 0) is 23.9 Å². The van der Waals surface area contributed by atoms with E-state index in [1.807, 2.05) is 0 Å². The lowest BCUT2D eigenvalue weighted by Crippen LogP contribution is -2.39. The lowest BCUT2D eigenvalue weighted by Gasteiger charge is -2.20. The van der Waals surface area contributed by atoms with Crippen LogP contribution in [0.25, 0.3) is 0 Å². The summed E-state index contributed by atoms with van der Waals surface area (Å²) in [7, 11) is 0. The van der Waals surface area contributed by atoms with E-state index >= 15 is 0 Å². The maximum absolute atomic E-state index is 12.2. The minimum absolute atomic E-state index is 0.0806. The fourth-order valence-corrected chi connectivity index (χ4v) is 2.82. The monoisotopic (exact) mass is 395 g/mol. The van der Waals surface area contributed by atoms with Crippen LogP contribution in [0.5, 0.6) is 0 Å². The molecule has 0 atom stereocenters. The molecule has 0 aliphatic rings. The van der Waals surface area contributed by atoms with E-state index in [0.717, 1.165) is 11.8 Å². The molecule has 0 fully saturated rings. The molecule has 3 amide bonds. The van der Waals surface area contributed by atoms with E-state index in [-0.39, 0.29) is 41.7 Å². The molecule has 0 radical (unpaired) electrons. The Bertz CT molecular complexity index is 663. The van der Waals surface area contributed by atoms with Crippen molar-refractivity contribution in [1.29, 1.82) is 0 Å². The molecule has 8 nitrogen and oxygen atoms in total. The van der Waals surface area contributed by atoms with Gasteiger partial charge in [0.05, 0.1) is 24.7 Å². The number of hydrogen-bond acceptors (Lipinski definition) is 6. The number of esters is 1. The van der Waals surface area contributed by atoms with Crippen LogP contribution in [0.15, 0.2) is 24.3 Å². The molecule has 2 N–H and O–H groups in total. The fraction of sp³-hybridized carbons (Fsp3) is 0.444. The molecule has 0 heterocycles. The molecule has 148 valence electrons. The highest BCUT2D eigenvalue weighted by Crippen LogP contribution is 2.13. The zero-order valence-corrected chi connectivity index (χ0v) is 16.6. The van der Waals surface area contributed by atoms with Crippen molar-refractivity contribution in [2.24, 2.45) is 0 Å². The quantitative estimate of drug-likeness (QED) is 0.585. The SMILES string of the molecule is CCOC(=O)CSCC(=O)N(CC)CC(=O)Nc1ccc(NC(C)=O)cc1. The number of ether oxygens (including phenoxy) is 1. The molecular formula is C18H25N3O5S. The lowest BCUT2D eigenvalue weighted by atomic mass is 10.2. The van der Waals surface area contributed by atoms with Crippen LogP contribution in [0.3, 0.4) is 0 Å². The number of carbonyl (C=O) groups is 4. The molecule has 0 saturated carbocycles. The largest absolute Gasteiger partial charge is 0.465 e. The molecular weight excluding hydrogens is 370 g/mol. The van der Waals surface area contributed by atoms with Crippen LogP contribution in [-0.4, -0.2) is 59.8 Å². The number of thioether (sulfide) groups is 1. The van der Waals surface area contributed by atoms with Crippen LogP contribution < -0.4 is 10.6 Å². The lowest BCUT2D eigenvalue weighted by molar-refractivity contribution is -0.139. The third-order valence-electron chi connectivity index (χ3n) is 3.31. The van der Waals surface area contributed by atoms with Gasteiger partial charge in [-0.3, -0.25) is 19.2 Å². The van der Waals surface area contributed by atoms with Crippen molar-refractivity contribution in [1.82, 2.24) is 4.90 Å². The second-order valence-electron chi connectivity index (χ2n) is 5.51. The van der Waals surface area contributed by atoms with Gasteiger partial charge in [0, 0.05) is 24.8 Å². The number of amides is 3. The maximum atomic E-state index is 12.2. The van der Waals surface area contributed by atoms with Crippen molar-refractivity contribution in [2.45, 2.75) is 20.8 Å². The normalized spacial score (nSPS) is 10.0. The standard InChI is InChI=1S/C18H25N3O5S/c1-4-21(17(24)11-27-12-18(25)26-5-2)10-16(23)20-15-8-6-14(7-9-15)19-13(3)22/h6-9H,4-5,10-12H2,1-3H3,(H,19,22)(H,20,23). The molecule has 0 aliphatic heterocycles. The van der Waals surface area contributed by atoms with Crippen molar-refractivity contribution < 1.29 is 23.9 Å². The number of anilines is 2. The Labute approximate surface area is 163 Å². The van der Waals surface area contributed by atoms with Crippen molar-refractivity contribution in [3.05, 3.63) is 24.3 Å². The summed E-state index contributed by atoms with van der Waals surface area (Å²) >= 11 is 1.16. The van der Waals surface area contributed by atoms with Crippen LogP contribution in [0.4, 0.5) is 11.4 Å². The molecule has 1 aromatic rings. The highest BCUT2D eigenvalue weighted by molar-refractivity contribution is 8.00. The van der Waals surface area contributed by atoms with Crippen molar-refractivity contribution in [2.75, 3.05) is 41.8 Å². The zero-order chi connectivity index (χ0) is 20.2. The Hall–Kier alpha value is -2.55. The molecule has 1 aromatic carbocycles. The average molecular weight is 395 g/mol. The number of hydrogen-bond donors (Lipinski definition) is 2. The number of carbonyl (C=O) groups excluding carboxylic acids is 4. The molecule has 27 heavy (non-hydrogen) atoms. The minimum atomic E-state index is -0.362. The Morgan fingerprint density at radius 2 is 1.59 bits per heavy atom. The molecule has 0 bridgehead atoms. The number of nitrogens with zero attached hydrogens (tertiary/aromatic N) is 1. The summed E-state index contributed by atoms with van der Waals surface area (Å²) in [4.78, 5) is 48.0. The maximum Gasteiger partial charge on any atom is 0.315 e. The van der Waals surface area contributed by atoms with E-state index in [9.17, 15) is 19.2 Å². The van der Waals surface area contributed by atoms with E-state index < -0.39 is 0 Å². The zero-order valence-electron chi connectivity index (χ0n) is 15.7. The Morgan fingerprint density at radius 1 is 1.00 bits per heavy atom. The first-order valence-corrected chi connectivity index (χ1v) is 9.69. The summed E-state index contributed by atoms with van der Waals surface area (Å²) in [5, 5.41) is 5.34. The predicted molar refractivity (Wildman–Crippen MR) is 106 cm³/mol. The first-order valence-electron chi connectivity index (χ1n) is 8.54. The second kappa shape index (κ2) is 11.9. The Kier molecular flexibility index (Phi) is 9.95. The van der Waals surface area contributed by atoms with Gasteiger partial charge < -0.3 is 20.3 Å². The molecule has 0 spiro atoms. The third-order valence-corrected chi connectivity index (χ3v) is 4.20. The average Bonchev–Trinajstić information content (AvgIpc) is 2.61. The van der Waals surface area contributed by atoms with Gasteiger partial charge in [-0.1, -0.05) is 0 Å². The molecule has 0 saturated heterocycles. The van der Waals surface area contributed by atoms with Gasteiger partial charge in [-0.05, 0) is 38.1 Å². The van der Waals surface area contributed by atoms with Gasteiger partial charge in [0.2, 0.25) is 17.7 Å². The summed E-state index contributed by atoms with van der Waals surface area (Å²) in [5.41, 5.74) is 1.19. The second-order valence-corrected chi connectivity index (χ2v) is 6.50. The summed E-state index contributed by atoms with van der Waals surface area (Å²) in [5.74, 6) is -0.880. The highest BCUT2D eigenvalue weighted by atomic mass is 32.2. The van der Waals surface area contributed by atoms with Crippen molar-refractivity contribution >= 4 is 46.8 Å². The van der Waals surface area contributed by atoms with Gasteiger partial charge in [-0.25, -0.2) is 0 Å².